The molecule has 3 aromatic heterocycles. The van der Waals surface area contributed by atoms with Crippen LogP contribution in [0.5, 0.6) is 0 Å². The number of hydrogen-bond acceptors (Lipinski definition) is 6. The first-order valence-electron chi connectivity index (χ1n) is 24.4. The summed E-state index contributed by atoms with van der Waals surface area (Å²) in [5.41, 5.74) is 10.0. The molecule has 6 atom stereocenters. The zero-order valence-corrected chi connectivity index (χ0v) is 43.0. The third-order valence-electron chi connectivity index (χ3n) is 14.6. The van der Waals surface area contributed by atoms with Crippen molar-refractivity contribution in [1.29, 1.82) is 0 Å². The van der Waals surface area contributed by atoms with E-state index in [0.29, 0.717) is 52.7 Å². The molecular formula is C55H75MgN4O5-. The van der Waals surface area contributed by atoms with E-state index in [-0.39, 0.29) is 53.1 Å². The van der Waals surface area contributed by atoms with Crippen molar-refractivity contribution in [2.45, 2.75) is 153 Å². The van der Waals surface area contributed by atoms with Crippen LogP contribution < -0.4 is 31.0 Å². The molecule has 0 aromatic carbocycles. The van der Waals surface area contributed by atoms with Gasteiger partial charge < -0.3 is 29.7 Å². The van der Waals surface area contributed by atoms with Gasteiger partial charge in [0, 0.05) is 35.2 Å². The maximum Gasteiger partial charge on any atom is 2.00 e. The fraction of sp³-hybridized carbons (Fsp3) is 0.582. The predicted molar refractivity (Wildman–Crippen MR) is 264 cm³/mol. The molecule has 348 valence electrons. The Morgan fingerprint density at radius 2 is 1.40 bits per heavy atom. The zero-order valence-electron chi connectivity index (χ0n) is 41.5. The van der Waals surface area contributed by atoms with Gasteiger partial charge in [0.15, 0.2) is 5.78 Å². The molecule has 9 nitrogen and oxygen atoms in total. The summed E-state index contributed by atoms with van der Waals surface area (Å²) in [4.78, 5) is 56.7. The van der Waals surface area contributed by atoms with Gasteiger partial charge in [-0.1, -0.05) is 159 Å². The molecule has 0 amide bonds. The molecule has 1 fully saturated rings. The minimum Gasteiger partial charge on any atom is -0.657 e. The van der Waals surface area contributed by atoms with Crippen LogP contribution in [0.4, 0.5) is 0 Å². The van der Waals surface area contributed by atoms with Gasteiger partial charge in [-0.3, -0.25) is 14.4 Å². The fourth-order valence-electron chi connectivity index (χ4n) is 10.4. The summed E-state index contributed by atoms with van der Waals surface area (Å²) in [5.74, 6) is 0.0988. The van der Waals surface area contributed by atoms with E-state index in [0.717, 1.165) is 87.1 Å². The number of nitrogens with zero attached hydrogens (tertiary/aromatic N) is 3. The standard InChI is InChI=1S/C55H76N4O5.Mg/c1-13-39-35(8)42-28-44-37(10)41(24-25-48(60)64-27-26-34(7)23-17-22-33(6)21-16-20-32(5)19-15-18-31(3)4)52(58-44)50-51(55(62)63-12)54(61)49-38(11)45(59-53(49)50)30-47-40(14-2)36(9)43(57-47)29-46(39)56-42;/h13,28-34,37,41,51H,1,14-27H2,2-12H3,(H2,58,59,61);/q-2;+2/p-1/b43-29-,44-28-,47-30-;/t32-,33-,34?,37+,41+,51-;/m1./s1. The average molecular weight is 897 g/mol. The van der Waals surface area contributed by atoms with Crippen LogP contribution in [0.2, 0.25) is 0 Å². The number of carbonyl (C=O) groups excluding carboxylic acids is 3. The first kappa shape index (κ1) is 52.0. The molecule has 1 unspecified atom stereocenters. The molecule has 3 aromatic rings. The molecule has 10 heteroatoms. The number of Topliss-reactive ketones (excluding diaryl/α,β-unsaturated/α-hetero) is 1. The van der Waals surface area contributed by atoms with Crippen LogP contribution in [-0.2, 0) is 25.5 Å². The van der Waals surface area contributed by atoms with Crippen molar-refractivity contribution < 1.29 is 23.9 Å². The second kappa shape index (κ2) is 23.1. The number of allylic oxidation sites excluding steroid dienone is 2. The Morgan fingerprint density at radius 1 is 0.800 bits per heavy atom. The van der Waals surface area contributed by atoms with Crippen molar-refractivity contribution >= 4 is 70.7 Å². The largest absolute Gasteiger partial charge is 2.00 e. The van der Waals surface area contributed by atoms with Crippen molar-refractivity contribution in [1.82, 2.24) is 20.3 Å². The number of ether oxygens (including phenoxy) is 2. The van der Waals surface area contributed by atoms with E-state index in [9.17, 15) is 14.4 Å². The van der Waals surface area contributed by atoms with E-state index in [1.165, 1.54) is 58.5 Å². The smallest absolute Gasteiger partial charge is 0.657 e. The molecular weight excluding hydrogens is 821 g/mol. The summed E-state index contributed by atoms with van der Waals surface area (Å²) >= 11 is 0. The second-order valence-electron chi connectivity index (χ2n) is 19.9. The van der Waals surface area contributed by atoms with E-state index in [1.807, 2.05) is 32.1 Å². The third kappa shape index (κ3) is 11.8. The van der Waals surface area contributed by atoms with Gasteiger partial charge in [0.05, 0.1) is 13.7 Å². The number of fused-ring (bicyclic) bond motifs is 7. The molecule has 0 spiro atoms. The van der Waals surface area contributed by atoms with Crippen LogP contribution in [0.25, 0.3) is 29.9 Å². The van der Waals surface area contributed by atoms with Gasteiger partial charge in [0.1, 0.15) is 5.92 Å². The quantitative estimate of drug-likeness (QED) is 0.0633. The van der Waals surface area contributed by atoms with E-state index >= 15 is 0 Å². The Labute approximate surface area is 405 Å². The number of ketones is 1. The number of esters is 2. The van der Waals surface area contributed by atoms with Crippen molar-refractivity contribution in [3.63, 3.8) is 0 Å². The van der Waals surface area contributed by atoms with Gasteiger partial charge in [-0.05, 0) is 74.8 Å². The first-order valence-corrected chi connectivity index (χ1v) is 24.4. The van der Waals surface area contributed by atoms with E-state index < -0.39 is 11.9 Å². The zero-order chi connectivity index (χ0) is 46.4. The van der Waals surface area contributed by atoms with Crippen LogP contribution in [0.1, 0.15) is 186 Å². The molecule has 5 heterocycles. The van der Waals surface area contributed by atoms with Crippen LogP contribution in [-0.4, -0.2) is 54.5 Å². The van der Waals surface area contributed by atoms with Gasteiger partial charge in [-0.2, -0.15) is 0 Å². The monoisotopic (exact) mass is 896 g/mol. The van der Waals surface area contributed by atoms with Gasteiger partial charge in [-0.15, -0.1) is 33.5 Å². The number of methoxy groups -OCH3 is 1. The molecule has 1 aliphatic carbocycles. The summed E-state index contributed by atoms with van der Waals surface area (Å²) in [6.45, 7) is 26.5. The van der Waals surface area contributed by atoms with E-state index in [2.05, 4.69) is 73.4 Å². The number of carbonyl (C=O) groups is 3. The Hall–Kier alpha value is -4.02. The van der Waals surface area contributed by atoms with Crippen molar-refractivity contribution in [3.05, 3.63) is 84.8 Å². The SMILES string of the molecule is C=Cc1c2[n-]c(c1C)/C=C1\N/C(=C3\c4[n-]c(c(C)c4C(=O)[C@@H]3C(=O)OC)/C=c3\[n-]/c(c(C)c3CC)=C\2)[C@@H](CCC(=O)OCCC(C)CCC[C@H](C)CCC[C@H](C)CCCC(C)C)[C@@H]1C.[Mg+2]. The van der Waals surface area contributed by atoms with Crippen LogP contribution in [0, 0.1) is 62.2 Å². The fourth-order valence-corrected chi connectivity index (χ4v) is 10.4. The van der Waals surface area contributed by atoms with Crippen LogP contribution >= 0.6 is 0 Å². The van der Waals surface area contributed by atoms with Crippen molar-refractivity contribution in [2.75, 3.05) is 13.7 Å². The van der Waals surface area contributed by atoms with Gasteiger partial charge >= 0.3 is 35.0 Å². The molecule has 8 bridgehead atoms. The van der Waals surface area contributed by atoms with E-state index in [4.69, 9.17) is 24.4 Å². The second-order valence-corrected chi connectivity index (χ2v) is 19.9. The normalized spacial score (nSPS) is 21.9. The maximum atomic E-state index is 14.4. The van der Waals surface area contributed by atoms with Gasteiger partial charge in [0.25, 0.3) is 0 Å². The maximum absolute atomic E-state index is 14.4. The molecule has 3 aliphatic rings. The number of aromatic nitrogens is 3. The van der Waals surface area contributed by atoms with Gasteiger partial charge in [-0.25, -0.2) is 0 Å². The number of hydrogen-bond donors (Lipinski definition) is 1. The van der Waals surface area contributed by atoms with Crippen LogP contribution in [0.3, 0.4) is 0 Å². The predicted octanol–water partition coefficient (Wildman–Crippen LogP) is 9.66. The summed E-state index contributed by atoms with van der Waals surface area (Å²) in [5, 5.41) is 5.29. The molecule has 2 aliphatic heterocycles. The Bertz CT molecular complexity index is 2390. The Balaban J connectivity index is 0.00000793. The summed E-state index contributed by atoms with van der Waals surface area (Å²) in [6.07, 6.45) is 21.7. The van der Waals surface area contributed by atoms with Crippen molar-refractivity contribution in [2.24, 2.45) is 41.4 Å². The third-order valence-corrected chi connectivity index (χ3v) is 14.6. The molecule has 1 saturated heterocycles. The Morgan fingerprint density at radius 3 is 2.00 bits per heavy atom. The summed E-state index contributed by atoms with van der Waals surface area (Å²) < 4.78 is 11.2. The topological polar surface area (TPSA) is 124 Å². The minimum absolute atomic E-state index is 0. The number of nitrogens with one attached hydrogen (secondary N) is 1. The summed E-state index contributed by atoms with van der Waals surface area (Å²) in [7, 11) is 1.31. The minimum atomic E-state index is -1.18. The molecule has 65 heavy (non-hydrogen) atoms. The molecule has 0 radical (unpaired) electrons. The summed E-state index contributed by atoms with van der Waals surface area (Å²) in [6, 6.07) is 0. The molecule has 6 rings (SSSR count). The first-order chi connectivity index (χ1) is 30.6. The van der Waals surface area contributed by atoms with Crippen LogP contribution in [0.15, 0.2) is 18.0 Å². The van der Waals surface area contributed by atoms with Gasteiger partial charge in [0.2, 0.25) is 0 Å². The molecule has 1 N–H and O–H groups in total. The Kier molecular flexibility index (Phi) is 18.5. The van der Waals surface area contributed by atoms with Crippen molar-refractivity contribution in [3.8, 4) is 0 Å². The average Bonchev–Trinajstić information content (AvgIpc) is 3.99. The van der Waals surface area contributed by atoms with E-state index in [1.54, 1.807) is 0 Å². The molecule has 0 saturated carbocycles. The number of rotatable bonds is 21.